The third kappa shape index (κ3) is 4.75. The van der Waals surface area contributed by atoms with Crippen molar-refractivity contribution in [1.82, 2.24) is 4.98 Å². The summed E-state index contributed by atoms with van der Waals surface area (Å²) in [6.45, 7) is 2.07. The van der Waals surface area contributed by atoms with Crippen molar-refractivity contribution in [2.24, 2.45) is 5.73 Å². The summed E-state index contributed by atoms with van der Waals surface area (Å²) in [5.41, 5.74) is 7.05. The molecule has 2 N–H and O–H groups in total. The lowest BCUT2D eigenvalue weighted by molar-refractivity contribution is 0.0594. The van der Waals surface area contributed by atoms with E-state index < -0.39 is 5.97 Å². The number of hydrogen-bond donors (Lipinski definition) is 1. The third-order valence-corrected chi connectivity index (χ3v) is 3.47. The number of carbonyl (C=O) groups excluding carboxylic acids is 1. The van der Waals surface area contributed by atoms with Gasteiger partial charge in [0, 0.05) is 17.5 Å². The van der Waals surface area contributed by atoms with Crippen LogP contribution >= 0.6 is 11.8 Å². The summed E-state index contributed by atoms with van der Waals surface area (Å²) in [7, 11) is 1.35. The molecule has 1 aromatic rings. The summed E-state index contributed by atoms with van der Waals surface area (Å²) in [5.74, 6) is 1.27. The predicted octanol–water partition coefficient (Wildman–Crippen LogP) is 1.84. The largest absolute Gasteiger partial charge is 0.464 e. The van der Waals surface area contributed by atoms with E-state index in [1.807, 2.05) is 12.1 Å². The Hall–Kier alpha value is -1.07. The molecule has 17 heavy (non-hydrogen) atoms. The fourth-order valence-corrected chi connectivity index (χ4v) is 2.24. The van der Waals surface area contributed by atoms with Crippen molar-refractivity contribution in [3.8, 4) is 0 Å². The normalized spacial score (nSPS) is 12.2. The van der Waals surface area contributed by atoms with Gasteiger partial charge >= 0.3 is 5.97 Å². The fourth-order valence-electron chi connectivity index (χ4n) is 1.21. The van der Waals surface area contributed by atoms with Gasteiger partial charge in [0.2, 0.25) is 0 Å². The molecule has 0 aliphatic rings. The van der Waals surface area contributed by atoms with Gasteiger partial charge in [0.1, 0.15) is 5.69 Å². The van der Waals surface area contributed by atoms with Crippen LogP contribution < -0.4 is 5.73 Å². The zero-order valence-corrected chi connectivity index (χ0v) is 11.0. The van der Waals surface area contributed by atoms with Crippen LogP contribution in [0.2, 0.25) is 0 Å². The van der Waals surface area contributed by atoms with Crippen LogP contribution in [0.25, 0.3) is 0 Å². The van der Waals surface area contributed by atoms with Gasteiger partial charge in [-0.15, -0.1) is 0 Å². The highest BCUT2D eigenvalue weighted by Crippen LogP contribution is 2.12. The van der Waals surface area contributed by atoms with Crippen LogP contribution in [0, 0.1) is 0 Å². The van der Waals surface area contributed by atoms with Gasteiger partial charge in [0.25, 0.3) is 0 Å². The highest BCUT2D eigenvalue weighted by atomic mass is 32.2. The molecule has 0 saturated heterocycles. The molecular formula is C12H18N2O2S. The zero-order chi connectivity index (χ0) is 12.7. The Kier molecular flexibility index (Phi) is 6.00. The van der Waals surface area contributed by atoms with E-state index in [1.54, 1.807) is 17.8 Å². The molecule has 1 unspecified atom stereocenters. The van der Waals surface area contributed by atoms with Gasteiger partial charge in [-0.3, -0.25) is 0 Å². The first kappa shape index (κ1) is 14.0. The first-order valence-electron chi connectivity index (χ1n) is 5.55. The molecule has 0 aliphatic carbocycles. The molecule has 1 atom stereocenters. The van der Waals surface area contributed by atoms with E-state index in [-0.39, 0.29) is 6.04 Å². The van der Waals surface area contributed by atoms with Gasteiger partial charge in [-0.25, -0.2) is 9.78 Å². The summed E-state index contributed by atoms with van der Waals surface area (Å²) in [5, 5.41) is 0. The van der Waals surface area contributed by atoms with E-state index in [0.29, 0.717) is 5.69 Å². The first-order valence-corrected chi connectivity index (χ1v) is 6.70. The van der Waals surface area contributed by atoms with Crippen molar-refractivity contribution in [1.29, 1.82) is 0 Å². The number of carbonyl (C=O) groups is 1. The Morgan fingerprint density at radius 1 is 1.59 bits per heavy atom. The standard InChI is InChI=1S/C12H18N2O2S/c1-3-9(13)7-17-8-10-5-4-6-11(14-10)12(15)16-2/h4-6,9H,3,7-8,13H2,1-2H3. The van der Waals surface area contributed by atoms with Crippen LogP contribution in [0.3, 0.4) is 0 Å². The fraction of sp³-hybridized carbons (Fsp3) is 0.500. The van der Waals surface area contributed by atoms with Crippen molar-refractivity contribution in [3.63, 3.8) is 0 Å². The average molecular weight is 254 g/mol. The van der Waals surface area contributed by atoms with E-state index in [2.05, 4.69) is 16.6 Å². The first-order chi connectivity index (χ1) is 8.17. The van der Waals surface area contributed by atoms with E-state index in [9.17, 15) is 4.79 Å². The highest BCUT2D eigenvalue weighted by Gasteiger charge is 2.07. The molecule has 1 heterocycles. The molecule has 0 bridgehead atoms. The molecule has 0 radical (unpaired) electrons. The Bertz CT molecular complexity index is 371. The molecule has 0 spiro atoms. The number of ether oxygens (including phenoxy) is 1. The van der Waals surface area contributed by atoms with Crippen molar-refractivity contribution in [2.75, 3.05) is 12.9 Å². The number of esters is 1. The molecule has 4 nitrogen and oxygen atoms in total. The average Bonchev–Trinajstić information content (AvgIpc) is 2.38. The van der Waals surface area contributed by atoms with Crippen LogP contribution in [0.5, 0.6) is 0 Å². The van der Waals surface area contributed by atoms with Crippen molar-refractivity contribution in [2.45, 2.75) is 25.1 Å². The van der Waals surface area contributed by atoms with Crippen LogP contribution in [0.15, 0.2) is 18.2 Å². The van der Waals surface area contributed by atoms with Gasteiger partial charge in [0.15, 0.2) is 0 Å². The van der Waals surface area contributed by atoms with Crippen LogP contribution in [0.4, 0.5) is 0 Å². The van der Waals surface area contributed by atoms with Crippen LogP contribution in [-0.4, -0.2) is 29.9 Å². The third-order valence-electron chi connectivity index (χ3n) is 2.31. The lowest BCUT2D eigenvalue weighted by atomic mass is 10.3. The summed E-state index contributed by atoms with van der Waals surface area (Å²) in [6, 6.07) is 5.59. The maximum absolute atomic E-state index is 11.3. The Labute approximate surface area is 106 Å². The number of pyridine rings is 1. The number of aromatic nitrogens is 1. The number of thioether (sulfide) groups is 1. The van der Waals surface area contributed by atoms with Crippen LogP contribution in [0.1, 0.15) is 29.5 Å². The smallest absolute Gasteiger partial charge is 0.356 e. The minimum atomic E-state index is -0.401. The molecule has 0 aromatic carbocycles. The number of hydrogen-bond acceptors (Lipinski definition) is 5. The summed E-state index contributed by atoms with van der Waals surface area (Å²) in [4.78, 5) is 15.5. The van der Waals surface area contributed by atoms with Gasteiger partial charge in [-0.1, -0.05) is 13.0 Å². The van der Waals surface area contributed by atoms with E-state index in [4.69, 9.17) is 5.73 Å². The molecule has 0 fully saturated rings. The second-order valence-electron chi connectivity index (χ2n) is 3.69. The minimum absolute atomic E-state index is 0.226. The van der Waals surface area contributed by atoms with Crippen LogP contribution in [-0.2, 0) is 10.5 Å². The quantitative estimate of drug-likeness (QED) is 0.785. The second kappa shape index (κ2) is 7.29. The molecule has 94 valence electrons. The van der Waals surface area contributed by atoms with Gasteiger partial charge in [-0.05, 0) is 18.6 Å². The van der Waals surface area contributed by atoms with Crippen molar-refractivity contribution < 1.29 is 9.53 Å². The second-order valence-corrected chi connectivity index (χ2v) is 4.72. The monoisotopic (exact) mass is 254 g/mol. The van der Waals surface area contributed by atoms with E-state index in [1.165, 1.54) is 7.11 Å². The number of nitrogens with two attached hydrogens (primary N) is 1. The highest BCUT2D eigenvalue weighted by molar-refractivity contribution is 7.98. The summed E-state index contributed by atoms with van der Waals surface area (Å²) < 4.78 is 4.62. The van der Waals surface area contributed by atoms with Gasteiger partial charge in [0.05, 0.1) is 12.8 Å². The van der Waals surface area contributed by atoms with E-state index >= 15 is 0 Å². The lowest BCUT2D eigenvalue weighted by Gasteiger charge is -2.07. The van der Waals surface area contributed by atoms with Crippen molar-refractivity contribution >= 4 is 17.7 Å². The van der Waals surface area contributed by atoms with E-state index in [0.717, 1.165) is 23.6 Å². The number of nitrogens with zero attached hydrogens (tertiary/aromatic N) is 1. The maximum Gasteiger partial charge on any atom is 0.356 e. The molecule has 1 aromatic heterocycles. The van der Waals surface area contributed by atoms with Gasteiger partial charge in [-0.2, -0.15) is 11.8 Å². The molecule has 0 saturated carbocycles. The number of rotatable bonds is 6. The number of methoxy groups -OCH3 is 1. The molecule has 0 amide bonds. The summed E-state index contributed by atoms with van der Waals surface area (Å²) in [6.07, 6.45) is 0.975. The molecule has 5 heteroatoms. The zero-order valence-electron chi connectivity index (χ0n) is 10.2. The lowest BCUT2D eigenvalue weighted by Crippen LogP contribution is -2.21. The maximum atomic E-state index is 11.3. The topological polar surface area (TPSA) is 65.2 Å². The molecule has 1 rings (SSSR count). The minimum Gasteiger partial charge on any atom is -0.464 e. The Morgan fingerprint density at radius 3 is 3.00 bits per heavy atom. The summed E-state index contributed by atoms with van der Waals surface area (Å²) >= 11 is 1.73. The SMILES string of the molecule is CCC(N)CSCc1cccc(C(=O)OC)n1. The van der Waals surface area contributed by atoms with Gasteiger partial charge < -0.3 is 10.5 Å². The Balaban J connectivity index is 2.51. The molecule has 0 aliphatic heterocycles. The van der Waals surface area contributed by atoms with Crippen molar-refractivity contribution in [3.05, 3.63) is 29.6 Å². The predicted molar refractivity (Wildman–Crippen MR) is 70.0 cm³/mol. The molecular weight excluding hydrogens is 236 g/mol. The Morgan fingerprint density at radius 2 is 2.35 bits per heavy atom.